The number of carbonyl (C=O) groups is 1. The van der Waals surface area contributed by atoms with Gasteiger partial charge in [-0.2, -0.15) is 4.98 Å². The van der Waals surface area contributed by atoms with Crippen LogP contribution < -0.4 is 15.4 Å². The highest BCUT2D eigenvalue weighted by molar-refractivity contribution is 5.96. The third-order valence-corrected chi connectivity index (χ3v) is 4.82. The number of fused-ring (bicyclic) bond motifs is 3. The molecular formula is C15H23N5O3. The van der Waals surface area contributed by atoms with Crippen LogP contribution in [0.25, 0.3) is 0 Å². The van der Waals surface area contributed by atoms with Gasteiger partial charge in [-0.15, -0.1) is 0 Å². The predicted octanol–water partition coefficient (Wildman–Crippen LogP) is -0.287. The van der Waals surface area contributed by atoms with E-state index in [0.717, 1.165) is 25.9 Å². The Morgan fingerprint density at radius 3 is 2.83 bits per heavy atom. The first-order chi connectivity index (χ1) is 11.1. The lowest BCUT2D eigenvalue weighted by Gasteiger charge is -2.50. The first-order valence-electron chi connectivity index (χ1n) is 7.87. The number of rotatable bonds is 5. The van der Waals surface area contributed by atoms with E-state index in [-0.39, 0.29) is 29.8 Å². The van der Waals surface area contributed by atoms with Gasteiger partial charge in [0.15, 0.2) is 0 Å². The zero-order valence-corrected chi connectivity index (χ0v) is 13.5. The number of nitrogens with zero attached hydrogens (tertiary/aromatic N) is 3. The summed E-state index contributed by atoms with van der Waals surface area (Å²) in [6.07, 6.45) is 3.39. The van der Waals surface area contributed by atoms with E-state index in [1.54, 1.807) is 7.05 Å². The second kappa shape index (κ2) is 6.29. The van der Waals surface area contributed by atoms with Crippen LogP contribution in [0.15, 0.2) is 6.20 Å². The Hall–Kier alpha value is -1.93. The largest absolute Gasteiger partial charge is 0.480 e. The van der Waals surface area contributed by atoms with Crippen LogP contribution in [0.4, 0.5) is 5.95 Å². The van der Waals surface area contributed by atoms with Gasteiger partial charge >= 0.3 is 0 Å². The third-order valence-electron chi connectivity index (χ3n) is 4.82. The van der Waals surface area contributed by atoms with E-state index in [4.69, 9.17) is 4.74 Å². The van der Waals surface area contributed by atoms with Crippen LogP contribution in [0.1, 0.15) is 23.2 Å². The van der Waals surface area contributed by atoms with E-state index in [2.05, 4.69) is 25.5 Å². The molecule has 1 amide bonds. The molecule has 2 bridgehead atoms. The molecule has 3 N–H and O–H groups in total. The van der Waals surface area contributed by atoms with Crippen molar-refractivity contribution in [2.24, 2.45) is 5.92 Å². The number of piperidine rings is 3. The summed E-state index contributed by atoms with van der Waals surface area (Å²) in [4.78, 5) is 22.8. The molecule has 0 aliphatic carbocycles. The van der Waals surface area contributed by atoms with Gasteiger partial charge in [0.2, 0.25) is 11.8 Å². The van der Waals surface area contributed by atoms with Crippen molar-refractivity contribution in [3.63, 3.8) is 0 Å². The zero-order chi connectivity index (χ0) is 16.4. The van der Waals surface area contributed by atoms with Gasteiger partial charge in [-0.1, -0.05) is 0 Å². The van der Waals surface area contributed by atoms with Crippen molar-refractivity contribution in [1.82, 2.24) is 20.2 Å². The van der Waals surface area contributed by atoms with Gasteiger partial charge < -0.3 is 25.4 Å². The maximum atomic E-state index is 12.4. The molecule has 4 heterocycles. The Morgan fingerprint density at radius 2 is 2.26 bits per heavy atom. The molecule has 8 heteroatoms. The van der Waals surface area contributed by atoms with Crippen LogP contribution in [0.3, 0.4) is 0 Å². The van der Waals surface area contributed by atoms with Crippen molar-refractivity contribution in [3.8, 4) is 5.88 Å². The fourth-order valence-corrected chi connectivity index (χ4v) is 3.47. The van der Waals surface area contributed by atoms with Crippen LogP contribution in [0, 0.1) is 5.92 Å². The summed E-state index contributed by atoms with van der Waals surface area (Å²) < 4.78 is 5.15. The Labute approximate surface area is 135 Å². The fraction of sp³-hybridized carbons (Fsp3) is 0.667. The number of hydrogen-bond donors (Lipinski definition) is 3. The monoisotopic (exact) mass is 321 g/mol. The highest BCUT2D eigenvalue weighted by Crippen LogP contribution is 2.35. The molecule has 1 aromatic heterocycles. The van der Waals surface area contributed by atoms with Gasteiger partial charge in [0.1, 0.15) is 5.56 Å². The molecule has 3 aliphatic heterocycles. The van der Waals surface area contributed by atoms with Crippen LogP contribution in [-0.2, 0) is 0 Å². The molecule has 0 saturated carbocycles. The van der Waals surface area contributed by atoms with Crippen molar-refractivity contribution in [2.45, 2.75) is 18.4 Å². The van der Waals surface area contributed by atoms with Crippen molar-refractivity contribution >= 4 is 11.9 Å². The minimum Gasteiger partial charge on any atom is -0.480 e. The molecule has 1 aromatic rings. The number of aliphatic hydroxyl groups is 1. The molecule has 8 nitrogen and oxygen atoms in total. The van der Waals surface area contributed by atoms with E-state index in [1.807, 2.05) is 0 Å². The van der Waals surface area contributed by atoms with Crippen LogP contribution in [0.2, 0.25) is 0 Å². The van der Waals surface area contributed by atoms with Gasteiger partial charge in [0, 0.05) is 26.3 Å². The highest BCUT2D eigenvalue weighted by Gasteiger charge is 2.45. The lowest BCUT2D eigenvalue weighted by molar-refractivity contribution is -0.108. The number of amides is 1. The van der Waals surface area contributed by atoms with Gasteiger partial charge in [0.25, 0.3) is 5.91 Å². The number of hydrogen-bond acceptors (Lipinski definition) is 7. The molecular weight excluding hydrogens is 298 g/mol. The molecule has 23 heavy (non-hydrogen) atoms. The molecule has 4 rings (SSSR count). The summed E-state index contributed by atoms with van der Waals surface area (Å²) in [6, 6.07) is 0. The summed E-state index contributed by atoms with van der Waals surface area (Å²) >= 11 is 0. The van der Waals surface area contributed by atoms with E-state index >= 15 is 0 Å². The van der Waals surface area contributed by atoms with Gasteiger partial charge in [-0.25, -0.2) is 4.98 Å². The standard InChI is InChI=1S/C15H23N5O3/c1-16-14-17-7-11(13(19-14)23-2)12(21)18-8-15(22)9-20-5-3-10(15)4-6-20/h7,10,22H,3-6,8-9H2,1-2H3,(H,18,21)(H,16,17,19). The van der Waals surface area contributed by atoms with Crippen LogP contribution in [-0.4, -0.2) is 71.8 Å². The molecule has 0 radical (unpaired) electrons. The summed E-state index contributed by atoms with van der Waals surface area (Å²) in [7, 11) is 3.15. The number of aromatic nitrogens is 2. The van der Waals surface area contributed by atoms with E-state index in [9.17, 15) is 9.90 Å². The SMILES string of the molecule is CNc1ncc(C(=O)NCC2(O)CN3CCC2CC3)c(OC)n1. The van der Waals surface area contributed by atoms with E-state index in [0.29, 0.717) is 12.5 Å². The lowest BCUT2D eigenvalue weighted by Crippen LogP contribution is -2.63. The number of nitrogens with one attached hydrogen (secondary N) is 2. The molecule has 3 fully saturated rings. The zero-order valence-electron chi connectivity index (χ0n) is 13.5. The maximum Gasteiger partial charge on any atom is 0.258 e. The first-order valence-corrected chi connectivity index (χ1v) is 7.87. The van der Waals surface area contributed by atoms with Crippen LogP contribution in [0.5, 0.6) is 5.88 Å². The quantitative estimate of drug-likeness (QED) is 0.685. The third kappa shape index (κ3) is 3.09. The van der Waals surface area contributed by atoms with Crippen molar-refractivity contribution in [1.29, 1.82) is 0 Å². The topological polar surface area (TPSA) is 99.6 Å². The maximum absolute atomic E-state index is 12.4. The second-order valence-electron chi connectivity index (χ2n) is 6.20. The molecule has 1 unspecified atom stereocenters. The van der Waals surface area contributed by atoms with Gasteiger partial charge in [0.05, 0.1) is 12.7 Å². The molecule has 1 atom stereocenters. The summed E-state index contributed by atoms with van der Waals surface area (Å²) in [5.74, 6) is 0.504. The molecule has 3 aliphatic rings. The summed E-state index contributed by atoms with van der Waals surface area (Å²) in [5, 5.41) is 16.4. The normalized spacial score (nSPS) is 29.2. The first kappa shape index (κ1) is 15.9. The number of anilines is 1. The Morgan fingerprint density at radius 1 is 1.52 bits per heavy atom. The minimum atomic E-state index is -0.856. The lowest BCUT2D eigenvalue weighted by atomic mass is 9.75. The molecule has 126 valence electrons. The Balaban J connectivity index is 1.68. The van der Waals surface area contributed by atoms with Gasteiger partial charge in [-0.05, 0) is 31.8 Å². The highest BCUT2D eigenvalue weighted by atomic mass is 16.5. The summed E-state index contributed by atoms with van der Waals surface area (Å²) in [5.41, 5.74) is -0.595. The Bertz CT molecular complexity index is 588. The molecule has 0 aromatic carbocycles. The molecule has 0 spiro atoms. The van der Waals surface area contributed by atoms with Crippen molar-refractivity contribution < 1.29 is 14.6 Å². The average molecular weight is 321 g/mol. The number of methoxy groups -OCH3 is 1. The second-order valence-corrected chi connectivity index (χ2v) is 6.20. The Kier molecular flexibility index (Phi) is 4.36. The van der Waals surface area contributed by atoms with Crippen molar-refractivity contribution in [2.75, 3.05) is 45.7 Å². The predicted molar refractivity (Wildman–Crippen MR) is 84.6 cm³/mol. The minimum absolute atomic E-state index is 0.211. The summed E-state index contributed by atoms with van der Waals surface area (Å²) in [6.45, 7) is 2.91. The van der Waals surface area contributed by atoms with Crippen LogP contribution >= 0.6 is 0 Å². The fourth-order valence-electron chi connectivity index (χ4n) is 3.47. The van der Waals surface area contributed by atoms with E-state index in [1.165, 1.54) is 13.3 Å². The average Bonchev–Trinajstić information content (AvgIpc) is 2.60. The smallest absolute Gasteiger partial charge is 0.258 e. The van der Waals surface area contributed by atoms with E-state index < -0.39 is 5.60 Å². The van der Waals surface area contributed by atoms with Gasteiger partial charge in [-0.3, -0.25) is 4.79 Å². The number of carbonyl (C=O) groups excluding carboxylic acids is 1. The molecule has 3 saturated heterocycles. The van der Waals surface area contributed by atoms with Crippen molar-refractivity contribution in [3.05, 3.63) is 11.8 Å². The number of ether oxygens (including phenoxy) is 1.